The van der Waals surface area contributed by atoms with Gasteiger partial charge < -0.3 is 15.1 Å². The fourth-order valence-electron chi connectivity index (χ4n) is 2.00. The molecule has 1 amide bonds. The Bertz CT molecular complexity index is 495. The highest BCUT2D eigenvalue weighted by Gasteiger charge is 2.23. The smallest absolute Gasteiger partial charge is 0.414 e. The first-order valence-corrected chi connectivity index (χ1v) is 7.74. The summed E-state index contributed by atoms with van der Waals surface area (Å²) in [4.78, 5) is 35.5. The van der Waals surface area contributed by atoms with Crippen LogP contribution in [0.15, 0.2) is 17.5 Å². The molecule has 0 saturated carbocycles. The maximum absolute atomic E-state index is 12.1. The lowest BCUT2D eigenvalue weighted by molar-refractivity contribution is -0.159. The van der Waals surface area contributed by atoms with Crippen LogP contribution in [0.3, 0.4) is 0 Å². The number of carbonyl (C=O) groups excluding carboxylic acids is 1. The van der Waals surface area contributed by atoms with Crippen molar-refractivity contribution in [2.75, 3.05) is 26.2 Å². The molecule has 0 unspecified atom stereocenters. The molecule has 0 aliphatic carbocycles. The van der Waals surface area contributed by atoms with Crippen LogP contribution < -0.4 is 0 Å². The second kappa shape index (κ2) is 8.50. The average molecular weight is 328 g/mol. The van der Waals surface area contributed by atoms with Gasteiger partial charge in [-0.3, -0.25) is 9.69 Å². The molecular weight excluding hydrogens is 308 g/mol. The van der Waals surface area contributed by atoms with Crippen LogP contribution in [-0.2, 0) is 9.59 Å². The Morgan fingerprint density at radius 1 is 1.09 bits per heavy atom. The van der Waals surface area contributed by atoms with E-state index in [1.165, 1.54) is 11.3 Å². The van der Waals surface area contributed by atoms with E-state index in [4.69, 9.17) is 19.8 Å². The Hall–Kier alpha value is -1.93. The zero-order valence-electron chi connectivity index (χ0n) is 12.6. The first-order valence-electron chi connectivity index (χ1n) is 6.86. The van der Waals surface area contributed by atoms with E-state index in [1.54, 1.807) is 0 Å². The number of hydrogen-bond donors (Lipinski definition) is 2. The molecule has 1 aliphatic rings. The molecule has 1 saturated heterocycles. The van der Waals surface area contributed by atoms with Crippen LogP contribution in [0.1, 0.15) is 23.5 Å². The molecule has 1 aliphatic heterocycles. The summed E-state index contributed by atoms with van der Waals surface area (Å²) in [5.74, 6) is -3.46. The topological polar surface area (TPSA) is 98.2 Å². The standard InChI is InChI=1S/C12H18N2OS.C2H2O4/c1-10(2)13-5-7-14(8-6-13)12(15)11-4-3-9-16-11;3-1(4)2(5)6/h3-4,9-10H,5-8H2,1-2H3;(H,3,4)(H,5,6). The molecule has 1 fully saturated rings. The Balaban J connectivity index is 0.000000346. The molecule has 2 heterocycles. The third kappa shape index (κ3) is 5.45. The number of hydrogen-bond acceptors (Lipinski definition) is 5. The van der Waals surface area contributed by atoms with E-state index in [9.17, 15) is 4.79 Å². The number of nitrogens with zero attached hydrogens (tertiary/aromatic N) is 2. The molecule has 2 rings (SSSR count). The van der Waals surface area contributed by atoms with Gasteiger partial charge in [-0.05, 0) is 25.3 Å². The van der Waals surface area contributed by atoms with Gasteiger partial charge in [0.1, 0.15) is 0 Å². The lowest BCUT2D eigenvalue weighted by Crippen LogP contribution is -2.50. The Morgan fingerprint density at radius 2 is 1.64 bits per heavy atom. The van der Waals surface area contributed by atoms with Gasteiger partial charge in [-0.15, -0.1) is 11.3 Å². The quantitative estimate of drug-likeness (QED) is 0.788. The number of thiophene rings is 1. The van der Waals surface area contributed by atoms with Crippen molar-refractivity contribution >= 4 is 29.2 Å². The third-order valence-corrected chi connectivity index (χ3v) is 4.10. The summed E-state index contributed by atoms with van der Waals surface area (Å²) in [6.45, 7) is 8.11. The molecular formula is C14H20N2O5S. The predicted octanol–water partition coefficient (Wildman–Crippen LogP) is 1.07. The van der Waals surface area contributed by atoms with E-state index in [-0.39, 0.29) is 5.91 Å². The number of aliphatic carboxylic acids is 2. The lowest BCUT2D eigenvalue weighted by Gasteiger charge is -2.36. The number of carbonyl (C=O) groups is 3. The molecule has 0 bridgehead atoms. The highest BCUT2D eigenvalue weighted by molar-refractivity contribution is 7.12. The first-order chi connectivity index (χ1) is 10.3. The maximum atomic E-state index is 12.1. The van der Waals surface area contributed by atoms with Crippen molar-refractivity contribution in [1.29, 1.82) is 0 Å². The maximum Gasteiger partial charge on any atom is 0.414 e. The molecule has 8 heteroatoms. The minimum absolute atomic E-state index is 0.193. The van der Waals surface area contributed by atoms with Gasteiger partial charge in [-0.1, -0.05) is 6.07 Å². The van der Waals surface area contributed by atoms with Crippen LogP contribution in [0, 0.1) is 0 Å². The molecule has 0 atom stereocenters. The molecule has 0 spiro atoms. The van der Waals surface area contributed by atoms with Crippen LogP contribution in [0.25, 0.3) is 0 Å². The molecule has 0 radical (unpaired) electrons. The lowest BCUT2D eigenvalue weighted by atomic mass is 10.2. The molecule has 0 aromatic carbocycles. The second-order valence-electron chi connectivity index (χ2n) is 5.01. The van der Waals surface area contributed by atoms with Crippen LogP contribution >= 0.6 is 11.3 Å². The highest BCUT2D eigenvalue weighted by atomic mass is 32.1. The Morgan fingerprint density at radius 3 is 2.00 bits per heavy atom. The first kappa shape index (κ1) is 18.1. The van der Waals surface area contributed by atoms with Crippen molar-refractivity contribution in [3.63, 3.8) is 0 Å². The third-order valence-electron chi connectivity index (χ3n) is 3.25. The van der Waals surface area contributed by atoms with Crippen molar-refractivity contribution in [1.82, 2.24) is 9.80 Å². The van der Waals surface area contributed by atoms with Gasteiger partial charge in [-0.25, -0.2) is 9.59 Å². The molecule has 7 nitrogen and oxygen atoms in total. The van der Waals surface area contributed by atoms with E-state index in [0.29, 0.717) is 6.04 Å². The molecule has 1 aromatic heterocycles. The Labute approximate surface area is 132 Å². The minimum atomic E-state index is -1.82. The predicted molar refractivity (Wildman–Crippen MR) is 82.2 cm³/mol. The normalized spacial score (nSPS) is 15.1. The molecule has 1 aromatic rings. The summed E-state index contributed by atoms with van der Waals surface area (Å²) >= 11 is 1.53. The molecule has 2 N–H and O–H groups in total. The zero-order chi connectivity index (χ0) is 16.7. The summed E-state index contributed by atoms with van der Waals surface area (Å²) in [6.07, 6.45) is 0. The van der Waals surface area contributed by atoms with Crippen LogP contribution in [-0.4, -0.2) is 70.1 Å². The summed E-state index contributed by atoms with van der Waals surface area (Å²) in [5.41, 5.74) is 0. The Kier molecular flexibility index (Phi) is 7.00. The molecule has 122 valence electrons. The number of carboxylic acid groups (broad SMARTS) is 2. The summed E-state index contributed by atoms with van der Waals surface area (Å²) in [6, 6.07) is 4.42. The van der Waals surface area contributed by atoms with Crippen LogP contribution in [0.4, 0.5) is 0 Å². The molecule has 22 heavy (non-hydrogen) atoms. The highest BCUT2D eigenvalue weighted by Crippen LogP contribution is 2.14. The minimum Gasteiger partial charge on any atom is -0.473 e. The zero-order valence-corrected chi connectivity index (χ0v) is 13.4. The summed E-state index contributed by atoms with van der Waals surface area (Å²) in [7, 11) is 0. The van der Waals surface area contributed by atoms with E-state index in [1.807, 2.05) is 22.4 Å². The number of rotatable bonds is 2. The number of piperazine rings is 1. The van der Waals surface area contributed by atoms with Gasteiger partial charge >= 0.3 is 11.9 Å². The van der Waals surface area contributed by atoms with Crippen molar-refractivity contribution < 1.29 is 24.6 Å². The SMILES string of the molecule is CC(C)N1CCN(C(=O)c2cccs2)CC1.O=C(O)C(=O)O. The van der Waals surface area contributed by atoms with Crippen LogP contribution in [0.5, 0.6) is 0 Å². The van der Waals surface area contributed by atoms with E-state index < -0.39 is 11.9 Å². The fraction of sp³-hybridized carbons (Fsp3) is 0.500. The van der Waals surface area contributed by atoms with Gasteiger partial charge in [0, 0.05) is 32.2 Å². The van der Waals surface area contributed by atoms with Gasteiger partial charge in [0.15, 0.2) is 0 Å². The number of carboxylic acids is 2. The van der Waals surface area contributed by atoms with Gasteiger partial charge in [-0.2, -0.15) is 0 Å². The van der Waals surface area contributed by atoms with Crippen molar-refractivity contribution in [3.05, 3.63) is 22.4 Å². The fourth-order valence-corrected chi connectivity index (χ4v) is 2.69. The van der Waals surface area contributed by atoms with E-state index >= 15 is 0 Å². The van der Waals surface area contributed by atoms with E-state index in [0.717, 1.165) is 31.1 Å². The van der Waals surface area contributed by atoms with Crippen molar-refractivity contribution in [2.24, 2.45) is 0 Å². The summed E-state index contributed by atoms with van der Waals surface area (Å²) < 4.78 is 0. The second-order valence-corrected chi connectivity index (χ2v) is 5.96. The monoisotopic (exact) mass is 328 g/mol. The van der Waals surface area contributed by atoms with Gasteiger partial charge in [0.2, 0.25) is 0 Å². The van der Waals surface area contributed by atoms with Gasteiger partial charge in [0.25, 0.3) is 5.91 Å². The van der Waals surface area contributed by atoms with Crippen molar-refractivity contribution in [3.8, 4) is 0 Å². The summed E-state index contributed by atoms with van der Waals surface area (Å²) in [5, 5.41) is 16.7. The van der Waals surface area contributed by atoms with E-state index in [2.05, 4.69) is 18.7 Å². The largest absolute Gasteiger partial charge is 0.473 e. The van der Waals surface area contributed by atoms with Gasteiger partial charge in [0.05, 0.1) is 4.88 Å². The van der Waals surface area contributed by atoms with Crippen LogP contribution in [0.2, 0.25) is 0 Å². The average Bonchev–Trinajstić information content (AvgIpc) is 3.01. The van der Waals surface area contributed by atoms with Crippen molar-refractivity contribution in [2.45, 2.75) is 19.9 Å². The number of amides is 1.